The Kier molecular flexibility index (Phi) is 3.58. The third-order valence-electron chi connectivity index (χ3n) is 3.00. The van der Waals surface area contributed by atoms with Gasteiger partial charge >= 0.3 is 0 Å². The minimum absolute atomic E-state index is 0.0431. The number of aliphatic hydroxyl groups is 1. The van der Waals surface area contributed by atoms with Crippen molar-refractivity contribution in [2.24, 2.45) is 0 Å². The van der Waals surface area contributed by atoms with Crippen LogP contribution < -0.4 is 4.74 Å². The molecule has 0 aromatic heterocycles. The van der Waals surface area contributed by atoms with Gasteiger partial charge in [-0.15, -0.1) is 0 Å². The lowest BCUT2D eigenvalue weighted by Crippen LogP contribution is -2.34. The molecule has 2 rings (SSSR count). The summed E-state index contributed by atoms with van der Waals surface area (Å²) < 4.78 is 5.63. The predicted octanol–water partition coefficient (Wildman–Crippen LogP) is 2.28. The fourth-order valence-electron chi connectivity index (χ4n) is 2.04. The lowest BCUT2D eigenvalue weighted by molar-refractivity contribution is -0.384. The zero-order valence-corrected chi connectivity index (χ0v) is 9.41. The minimum atomic E-state index is -0.445. The normalized spacial score (nSPS) is 24.3. The van der Waals surface area contributed by atoms with E-state index < -0.39 is 11.0 Å². The van der Waals surface area contributed by atoms with Gasteiger partial charge in [0.1, 0.15) is 11.9 Å². The highest BCUT2D eigenvalue weighted by Gasteiger charge is 2.24. The number of nitro benzene ring substituents is 1. The number of hydrogen-bond donors (Lipinski definition) is 1. The summed E-state index contributed by atoms with van der Waals surface area (Å²) in [7, 11) is 0. The van der Waals surface area contributed by atoms with Crippen LogP contribution >= 0.6 is 0 Å². The van der Waals surface area contributed by atoms with Gasteiger partial charge < -0.3 is 9.84 Å². The van der Waals surface area contributed by atoms with Gasteiger partial charge in [0.25, 0.3) is 5.69 Å². The van der Waals surface area contributed by atoms with Crippen LogP contribution in [-0.2, 0) is 0 Å². The Morgan fingerprint density at radius 1 is 1.24 bits per heavy atom. The first-order valence-electron chi connectivity index (χ1n) is 5.76. The van der Waals surface area contributed by atoms with Gasteiger partial charge in [-0.2, -0.15) is 0 Å². The predicted molar refractivity (Wildman–Crippen MR) is 62.0 cm³/mol. The summed E-state index contributed by atoms with van der Waals surface area (Å²) in [4.78, 5) is 10.0. The third kappa shape index (κ3) is 2.94. The van der Waals surface area contributed by atoms with Crippen molar-refractivity contribution in [3.8, 4) is 5.75 Å². The van der Waals surface area contributed by atoms with Crippen LogP contribution in [0.3, 0.4) is 0 Å². The molecule has 2 atom stereocenters. The van der Waals surface area contributed by atoms with Gasteiger partial charge in [0.15, 0.2) is 0 Å². The number of nitrogens with zero attached hydrogens (tertiary/aromatic N) is 1. The van der Waals surface area contributed by atoms with Crippen LogP contribution in [0.25, 0.3) is 0 Å². The maximum atomic E-state index is 10.5. The molecule has 1 saturated carbocycles. The quantitative estimate of drug-likeness (QED) is 0.646. The topological polar surface area (TPSA) is 72.6 Å². The van der Waals surface area contributed by atoms with Gasteiger partial charge in [0.05, 0.1) is 11.0 Å². The Balaban J connectivity index is 2.00. The van der Waals surface area contributed by atoms with E-state index in [9.17, 15) is 15.2 Å². The van der Waals surface area contributed by atoms with Crippen LogP contribution in [0.15, 0.2) is 24.3 Å². The standard InChI is InChI=1S/C12H15NO4/c14-11-3-1-2-4-12(11)17-10-7-5-9(6-8-10)13(15)16/h5-8,11-12,14H,1-4H2/t11-,12-/m0/s1. The second-order valence-electron chi connectivity index (χ2n) is 4.26. The van der Waals surface area contributed by atoms with Crippen LogP contribution in [-0.4, -0.2) is 22.2 Å². The van der Waals surface area contributed by atoms with E-state index in [0.29, 0.717) is 5.75 Å². The summed E-state index contributed by atoms with van der Waals surface area (Å²) in [6, 6.07) is 5.95. The Morgan fingerprint density at radius 2 is 1.88 bits per heavy atom. The van der Waals surface area contributed by atoms with Crippen LogP contribution in [0.2, 0.25) is 0 Å². The van der Waals surface area contributed by atoms with Crippen molar-refractivity contribution in [2.75, 3.05) is 0 Å². The molecule has 0 amide bonds. The van der Waals surface area contributed by atoms with Crippen molar-refractivity contribution >= 4 is 5.69 Å². The van der Waals surface area contributed by atoms with Gasteiger partial charge in [0, 0.05) is 12.1 Å². The van der Waals surface area contributed by atoms with E-state index in [1.165, 1.54) is 12.1 Å². The molecule has 0 heterocycles. The van der Waals surface area contributed by atoms with Gasteiger partial charge in [-0.3, -0.25) is 10.1 Å². The van der Waals surface area contributed by atoms with E-state index in [0.717, 1.165) is 25.7 Å². The van der Waals surface area contributed by atoms with Crippen molar-refractivity contribution in [3.63, 3.8) is 0 Å². The average Bonchev–Trinajstić information content (AvgIpc) is 2.33. The second kappa shape index (κ2) is 5.14. The largest absolute Gasteiger partial charge is 0.488 e. The van der Waals surface area contributed by atoms with Crippen molar-refractivity contribution < 1.29 is 14.8 Å². The van der Waals surface area contributed by atoms with E-state index in [4.69, 9.17) is 4.74 Å². The molecule has 0 saturated heterocycles. The van der Waals surface area contributed by atoms with Gasteiger partial charge in [0.2, 0.25) is 0 Å². The Bertz CT molecular complexity index is 390. The molecule has 5 nitrogen and oxygen atoms in total. The number of non-ortho nitro benzene ring substituents is 1. The fourth-order valence-corrected chi connectivity index (χ4v) is 2.04. The zero-order chi connectivity index (χ0) is 12.3. The van der Waals surface area contributed by atoms with Gasteiger partial charge in [-0.05, 0) is 31.4 Å². The smallest absolute Gasteiger partial charge is 0.269 e. The summed E-state index contributed by atoms with van der Waals surface area (Å²) in [5, 5.41) is 20.2. The molecule has 0 bridgehead atoms. The summed E-state index contributed by atoms with van der Waals surface area (Å²) >= 11 is 0. The zero-order valence-electron chi connectivity index (χ0n) is 9.41. The molecule has 0 unspecified atom stereocenters. The van der Waals surface area contributed by atoms with Crippen molar-refractivity contribution in [1.29, 1.82) is 0 Å². The maximum absolute atomic E-state index is 10.5. The molecule has 0 radical (unpaired) electrons. The molecular formula is C12H15NO4. The number of rotatable bonds is 3. The first-order chi connectivity index (χ1) is 8.16. The summed E-state index contributed by atoms with van der Waals surface area (Å²) in [5.41, 5.74) is 0.0431. The molecule has 1 N–H and O–H groups in total. The molecule has 1 fully saturated rings. The van der Waals surface area contributed by atoms with Crippen molar-refractivity contribution in [3.05, 3.63) is 34.4 Å². The SMILES string of the molecule is O=[N+]([O-])c1ccc(O[C@H]2CCCC[C@@H]2O)cc1. The van der Waals surface area contributed by atoms with E-state index >= 15 is 0 Å². The molecule has 1 aromatic carbocycles. The van der Waals surface area contributed by atoms with Gasteiger partial charge in [-0.25, -0.2) is 0 Å². The van der Waals surface area contributed by atoms with Crippen molar-refractivity contribution in [1.82, 2.24) is 0 Å². The van der Waals surface area contributed by atoms with Crippen molar-refractivity contribution in [2.45, 2.75) is 37.9 Å². The van der Waals surface area contributed by atoms with Gasteiger partial charge in [-0.1, -0.05) is 6.42 Å². The maximum Gasteiger partial charge on any atom is 0.269 e. The molecule has 1 aliphatic carbocycles. The Hall–Kier alpha value is -1.62. The monoisotopic (exact) mass is 237 g/mol. The third-order valence-corrected chi connectivity index (χ3v) is 3.00. The summed E-state index contributed by atoms with van der Waals surface area (Å²) in [6.45, 7) is 0. The van der Waals surface area contributed by atoms with Crippen LogP contribution in [0.4, 0.5) is 5.69 Å². The first-order valence-corrected chi connectivity index (χ1v) is 5.76. The molecule has 1 aliphatic rings. The Labute approximate surface area is 99.2 Å². The summed E-state index contributed by atoms with van der Waals surface area (Å²) in [6.07, 6.45) is 3.05. The molecule has 5 heteroatoms. The lowest BCUT2D eigenvalue weighted by Gasteiger charge is -2.28. The number of hydrogen-bond acceptors (Lipinski definition) is 4. The number of nitro groups is 1. The highest BCUT2D eigenvalue weighted by molar-refractivity contribution is 5.36. The second-order valence-corrected chi connectivity index (χ2v) is 4.26. The first kappa shape index (κ1) is 11.9. The molecule has 1 aromatic rings. The number of benzene rings is 1. The van der Waals surface area contributed by atoms with E-state index in [1.807, 2.05) is 0 Å². The summed E-state index contributed by atoms with van der Waals surface area (Å²) in [5.74, 6) is 0.571. The van der Waals surface area contributed by atoms with Crippen LogP contribution in [0.1, 0.15) is 25.7 Å². The van der Waals surface area contributed by atoms with E-state index in [2.05, 4.69) is 0 Å². The molecule has 92 valence electrons. The molecule has 0 aliphatic heterocycles. The molecule has 17 heavy (non-hydrogen) atoms. The number of aliphatic hydroxyl groups excluding tert-OH is 1. The van der Waals surface area contributed by atoms with E-state index in [1.54, 1.807) is 12.1 Å². The number of ether oxygens (including phenoxy) is 1. The van der Waals surface area contributed by atoms with E-state index in [-0.39, 0.29) is 11.8 Å². The fraction of sp³-hybridized carbons (Fsp3) is 0.500. The molecular weight excluding hydrogens is 222 g/mol. The lowest BCUT2D eigenvalue weighted by atomic mass is 9.95. The highest BCUT2D eigenvalue weighted by Crippen LogP contribution is 2.25. The highest BCUT2D eigenvalue weighted by atomic mass is 16.6. The minimum Gasteiger partial charge on any atom is -0.488 e. The molecule has 0 spiro atoms. The average molecular weight is 237 g/mol. The van der Waals surface area contributed by atoms with Crippen LogP contribution in [0.5, 0.6) is 5.75 Å². The van der Waals surface area contributed by atoms with Crippen LogP contribution in [0, 0.1) is 10.1 Å². The Morgan fingerprint density at radius 3 is 2.47 bits per heavy atom.